The van der Waals surface area contributed by atoms with Crippen LogP contribution < -0.4 is 0 Å². The van der Waals surface area contributed by atoms with Crippen LogP contribution in [0, 0.1) is 5.92 Å². The third kappa shape index (κ3) is 4.15. The predicted molar refractivity (Wildman–Crippen MR) is 79.5 cm³/mol. The maximum Gasteiger partial charge on any atom is 0.0595 e. The largest absolute Gasteiger partial charge is 0.0891 e. The summed E-state index contributed by atoms with van der Waals surface area (Å²) in [5.74, 6) is 0.777. The Morgan fingerprint density at radius 2 is 1.88 bits per heavy atom. The molecular formula is C14H17BrCl2. The molecule has 1 aromatic rings. The summed E-state index contributed by atoms with van der Waals surface area (Å²) in [6.07, 6.45) is 7.77. The monoisotopic (exact) mass is 334 g/mol. The van der Waals surface area contributed by atoms with Gasteiger partial charge in [-0.2, -0.15) is 0 Å². The van der Waals surface area contributed by atoms with Crippen molar-refractivity contribution in [3.8, 4) is 0 Å². The molecule has 2 atom stereocenters. The van der Waals surface area contributed by atoms with Crippen LogP contribution in [0.1, 0.15) is 37.7 Å². The zero-order chi connectivity index (χ0) is 12.3. The zero-order valence-electron chi connectivity index (χ0n) is 9.76. The smallest absolute Gasteiger partial charge is 0.0595 e. The molecule has 0 bridgehead atoms. The quantitative estimate of drug-likeness (QED) is 0.467. The van der Waals surface area contributed by atoms with Crippen molar-refractivity contribution in [1.29, 1.82) is 0 Å². The van der Waals surface area contributed by atoms with Crippen LogP contribution >= 0.6 is 39.1 Å². The van der Waals surface area contributed by atoms with E-state index in [1.54, 1.807) is 0 Å². The first-order valence-corrected chi connectivity index (χ1v) is 7.90. The molecule has 2 unspecified atom stereocenters. The highest BCUT2D eigenvalue weighted by atomic mass is 79.9. The normalized spacial score (nSPS) is 25.6. The minimum absolute atomic E-state index is 0.648. The van der Waals surface area contributed by atoms with Crippen LogP contribution in [0.5, 0.6) is 0 Å². The van der Waals surface area contributed by atoms with Crippen molar-refractivity contribution in [2.75, 3.05) is 0 Å². The molecule has 0 aliphatic heterocycles. The minimum Gasteiger partial charge on any atom is -0.0891 e. The zero-order valence-corrected chi connectivity index (χ0v) is 12.9. The Morgan fingerprint density at radius 1 is 1.12 bits per heavy atom. The lowest BCUT2D eigenvalue weighted by Crippen LogP contribution is -2.08. The molecule has 0 aromatic heterocycles. The van der Waals surface area contributed by atoms with Gasteiger partial charge in [0.15, 0.2) is 0 Å². The van der Waals surface area contributed by atoms with E-state index < -0.39 is 0 Å². The van der Waals surface area contributed by atoms with E-state index in [4.69, 9.17) is 23.2 Å². The van der Waals surface area contributed by atoms with Crippen molar-refractivity contribution >= 4 is 39.1 Å². The molecule has 0 heterocycles. The van der Waals surface area contributed by atoms with Crippen molar-refractivity contribution in [1.82, 2.24) is 0 Å². The van der Waals surface area contributed by atoms with Crippen LogP contribution in [0.4, 0.5) is 0 Å². The van der Waals surface area contributed by atoms with Crippen LogP contribution in [0.3, 0.4) is 0 Å². The van der Waals surface area contributed by atoms with Gasteiger partial charge in [0, 0.05) is 4.83 Å². The third-order valence-electron chi connectivity index (χ3n) is 3.48. The first-order valence-electron chi connectivity index (χ1n) is 6.23. The first-order chi connectivity index (χ1) is 8.15. The molecule has 0 amide bonds. The van der Waals surface area contributed by atoms with Crippen molar-refractivity contribution in [2.24, 2.45) is 5.92 Å². The highest BCUT2D eigenvalue weighted by Gasteiger charge is 2.18. The standard InChI is InChI=1S/C14H17BrCl2/c15-12-4-2-1-3-10(8-12)7-11-5-6-13(16)14(17)9-11/h5-6,9-10,12H,1-4,7-8H2. The molecule has 94 valence electrons. The highest BCUT2D eigenvalue weighted by Crippen LogP contribution is 2.31. The van der Waals surface area contributed by atoms with Gasteiger partial charge in [0.1, 0.15) is 0 Å². The van der Waals surface area contributed by atoms with Crippen LogP contribution in [0.25, 0.3) is 0 Å². The van der Waals surface area contributed by atoms with Crippen LogP contribution in [-0.2, 0) is 6.42 Å². The molecule has 1 aliphatic rings. The Kier molecular flexibility index (Phi) is 5.20. The lowest BCUT2D eigenvalue weighted by Gasteiger charge is -2.16. The van der Waals surface area contributed by atoms with Gasteiger partial charge in [0.2, 0.25) is 0 Å². The van der Waals surface area contributed by atoms with Gasteiger partial charge in [0.25, 0.3) is 0 Å². The molecule has 0 spiro atoms. The fourth-order valence-electron chi connectivity index (χ4n) is 2.58. The summed E-state index contributed by atoms with van der Waals surface area (Å²) in [5, 5.41) is 1.32. The van der Waals surface area contributed by atoms with Crippen molar-refractivity contribution < 1.29 is 0 Å². The summed E-state index contributed by atoms with van der Waals surface area (Å²) >= 11 is 15.8. The predicted octanol–water partition coefficient (Wildman–Crippen LogP) is 5.88. The van der Waals surface area contributed by atoms with E-state index in [-0.39, 0.29) is 0 Å². The van der Waals surface area contributed by atoms with Crippen LogP contribution in [-0.4, -0.2) is 4.83 Å². The van der Waals surface area contributed by atoms with Crippen LogP contribution in [0.15, 0.2) is 18.2 Å². The average molecular weight is 336 g/mol. The minimum atomic E-state index is 0.648. The Labute approximate surface area is 122 Å². The van der Waals surface area contributed by atoms with Gasteiger partial charge in [0.05, 0.1) is 10.0 Å². The number of benzene rings is 1. The van der Waals surface area contributed by atoms with E-state index in [9.17, 15) is 0 Å². The second-order valence-electron chi connectivity index (χ2n) is 4.94. The molecule has 0 radical (unpaired) electrons. The number of rotatable bonds is 2. The highest BCUT2D eigenvalue weighted by molar-refractivity contribution is 9.09. The summed E-state index contributed by atoms with van der Waals surface area (Å²) in [5.41, 5.74) is 1.31. The molecule has 1 aliphatic carbocycles. The summed E-state index contributed by atoms with van der Waals surface area (Å²) < 4.78 is 0. The van der Waals surface area contributed by atoms with E-state index in [0.717, 1.165) is 12.3 Å². The number of hydrogen-bond acceptors (Lipinski definition) is 0. The number of alkyl halides is 1. The van der Waals surface area contributed by atoms with E-state index >= 15 is 0 Å². The summed E-state index contributed by atoms with van der Waals surface area (Å²) in [7, 11) is 0. The third-order valence-corrected chi connectivity index (χ3v) is 5.05. The van der Waals surface area contributed by atoms with E-state index in [0.29, 0.717) is 14.9 Å². The Hall–Kier alpha value is 0.280. The topological polar surface area (TPSA) is 0 Å². The Morgan fingerprint density at radius 3 is 2.65 bits per heavy atom. The van der Waals surface area contributed by atoms with Crippen LogP contribution in [0.2, 0.25) is 10.0 Å². The Bertz CT molecular complexity index is 378. The van der Waals surface area contributed by atoms with Crippen molar-refractivity contribution in [3.63, 3.8) is 0 Å². The van der Waals surface area contributed by atoms with Gasteiger partial charge in [-0.25, -0.2) is 0 Å². The molecular weight excluding hydrogens is 319 g/mol. The number of hydrogen-bond donors (Lipinski definition) is 0. The van der Waals surface area contributed by atoms with Gasteiger partial charge in [-0.05, 0) is 42.9 Å². The first kappa shape index (κ1) is 13.7. The fourth-order valence-corrected chi connectivity index (χ4v) is 3.75. The molecule has 0 nitrogen and oxygen atoms in total. The van der Waals surface area contributed by atoms with Gasteiger partial charge in [-0.15, -0.1) is 0 Å². The van der Waals surface area contributed by atoms with Gasteiger partial charge in [-0.1, -0.05) is 64.5 Å². The molecule has 17 heavy (non-hydrogen) atoms. The van der Waals surface area contributed by atoms with E-state index in [2.05, 4.69) is 22.0 Å². The fraction of sp³-hybridized carbons (Fsp3) is 0.571. The van der Waals surface area contributed by atoms with Crippen molar-refractivity contribution in [2.45, 2.75) is 43.4 Å². The van der Waals surface area contributed by atoms with E-state index in [1.807, 2.05) is 12.1 Å². The maximum atomic E-state index is 6.05. The molecule has 1 fully saturated rings. The summed E-state index contributed by atoms with van der Waals surface area (Å²) in [6.45, 7) is 0. The Balaban J connectivity index is 2.01. The molecule has 2 rings (SSSR count). The summed E-state index contributed by atoms with van der Waals surface area (Å²) in [6, 6.07) is 6.02. The molecule has 3 heteroatoms. The maximum absolute atomic E-state index is 6.05. The van der Waals surface area contributed by atoms with Gasteiger partial charge >= 0.3 is 0 Å². The second kappa shape index (κ2) is 6.45. The summed E-state index contributed by atoms with van der Waals surface area (Å²) in [4.78, 5) is 0.692. The van der Waals surface area contributed by atoms with Crippen molar-refractivity contribution in [3.05, 3.63) is 33.8 Å². The molecule has 0 N–H and O–H groups in total. The molecule has 1 aromatic carbocycles. The number of halogens is 3. The average Bonchev–Trinajstić information content (AvgIpc) is 2.48. The SMILES string of the molecule is Clc1ccc(CC2CCCCC(Br)C2)cc1Cl. The lowest BCUT2D eigenvalue weighted by atomic mass is 9.92. The van der Waals surface area contributed by atoms with E-state index in [1.165, 1.54) is 37.7 Å². The van der Waals surface area contributed by atoms with Gasteiger partial charge in [-0.3, -0.25) is 0 Å². The lowest BCUT2D eigenvalue weighted by molar-refractivity contribution is 0.463. The molecule has 1 saturated carbocycles. The second-order valence-corrected chi connectivity index (χ2v) is 7.05. The molecule has 0 saturated heterocycles. The van der Waals surface area contributed by atoms with Gasteiger partial charge < -0.3 is 0 Å².